The van der Waals surface area contributed by atoms with Crippen LogP contribution in [0.2, 0.25) is 0 Å². The van der Waals surface area contributed by atoms with Crippen molar-refractivity contribution in [3.8, 4) is 11.3 Å². The molecule has 1 aromatic heterocycles. The molecular formula is C16H19N3O2S. The summed E-state index contributed by atoms with van der Waals surface area (Å²) in [4.78, 5) is 19.3. The zero-order valence-electron chi connectivity index (χ0n) is 12.8. The molecular weight excluding hydrogens is 298 g/mol. The van der Waals surface area contributed by atoms with E-state index >= 15 is 0 Å². The molecule has 22 heavy (non-hydrogen) atoms. The number of aromatic nitrogens is 1. The molecule has 2 aromatic rings. The second-order valence-corrected chi connectivity index (χ2v) is 6.44. The monoisotopic (exact) mass is 317 g/mol. The largest absolute Gasteiger partial charge is 0.378 e. The van der Waals surface area contributed by atoms with Crippen LogP contribution in [-0.4, -0.2) is 37.2 Å². The van der Waals surface area contributed by atoms with Gasteiger partial charge in [-0.1, -0.05) is 12.1 Å². The Kier molecular flexibility index (Phi) is 4.40. The van der Waals surface area contributed by atoms with Gasteiger partial charge in [-0.2, -0.15) is 0 Å². The van der Waals surface area contributed by atoms with E-state index in [1.807, 2.05) is 24.3 Å². The van der Waals surface area contributed by atoms with Gasteiger partial charge in [0.1, 0.15) is 0 Å². The van der Waals surface area contributed by atoms with Crippen LogP contribution in [0.5, 0.6) is 0 Å². The molecule has 1 aliphatic heterocycles. The molecule has 1 N–H and O–H groups in total. The Hall–Kier alpha value is -1.92. The first-order valence-corrected chi connectivity index (χ1v) is 8.13. The molecule has 1 aromatic carbocycles. The van der Waals surface area contributed by atoms with Gasteiger partial charge in [-0.3, -0.25) is 4.79 Å². The van der Waals surface area contributed by atoms with Gasteiger partial charge in [0.15, 0.2) is 5.13 Å². The fourth-order valence-electron chi connectivity index (χ4n) is 2.45. The maximum Gasteiger partial charge on any atom is 0.221 e. The first-order valence-electron chi connectivity index (χ1n) is 7.31. The Balaban J connectivity index is 1.82. The molecule has 5 nitrogen and oxygen atoms in total. The third-order valence-electron chi connectivity index (χ3n) is 3.55. The number of hydrogen-bond acceptors (Lipinski definition) is 5. The van der Waals surface area contributed by atoms with E-state index in [4.69, 9.17) is 9.72 Å². The maximum atomic E-state index is 11.1. The van der Waals surface area contributed by atoms with Crippen LogP contribution < -0.4 is 10.2 Å². The Morgan fingerprint density at radius 2 is 1.95 bits per heavy atom. The number of thiazole rings is 1. The van der Waals surface area contributed by atoms with Crippen molar-refractivity contribution in [1.29, 1.82) is 0 Å². The number of carbonyl (C=O) groups is 1. The minimum absolute atomic E-state index is 0.0628. The van der Waals surface area contributed by atoms with Crippen LogP contribution in [0.25, 0.3) is 11.3 Å². The molecule has 1 fully saturated rings. The first kappa shape index (κ1) is 15.0. The van der Waals surface area contributed by atoms with Crippen molar-refractivity contribution < 1.29 is 9.53 Å². The standard InChI is InChI=1S/C16H19N3O2S/c1-11-15(13-3-5-14(6-4-13)17-12(2)20)18-16(22-11)19-7-9-21-10-8-19/h3-6H,7-10H2,1-2H3,(H,17,20). The molecule has 0 atom stereocenters. The van der Waals surface area contributed by atoms with Crippen LogP contribution in [0, 0.1) is 6.92 Å². The lowest BCUT2D eigenvalue weighted by Crippen LogP contribution is -2.36. The number of benzene rings is 1. The summed E-state index contributed by atoms with van der Waals surface area (Å²) in [5.41, 5.74) is 2.89. The van der Waals surface area contributed by atoms with Crippen molar-refractivity contribution in [2.24, 2.45) is 0 Å². The highest BCUT2D eigenvalue weighted by Gasteiger charge is 2.17. The number of nitrogens with zero attached hydrogens (tertiary/aromatic N) is 2. The fourth-order valence-corrected chi connectivity index (χ4v) is 3.44. The summed E-state index contributed by atoms with van der Waals surface area (Å²) in [7, 11) is 0. The van der Waals surface area contributed by atoms with Gasteiger partial charge >= 0.3 is 0 Å². The molecule has 0 bridgehead atoms. The van der Waals surface area contributed by atoms with Crippen molar-refractivity contribution in [3.05, 3.63) is 29.1 Å². The highest BCUT2D eigenvalue weighted by Crippen LogP contribution is 2.33. The van der Waals surface area contributed by atoms with Gasteiger partial charge in [0.25, 0.3) is 0 Å². The number of aryl methyl sites for hydroxylation is 1. The van der Waals surface area contributed by atoms with Crippen LogP contribution in [0.1, 0.15) is 11.8 Å². The molecule has 0 spiro atoms. The van der Waals surface area contributed by atoms with E-state index in [-0.39, 0.29) is 5.91 Å². The summed E-state index contributed by atoms with van der Waals surface area (Å²) in [6.45, 7) is 6.92. The number of rotatable bonds is 3. The van der Waals surface area contributed by atoms with Crippen LogP contribution in [0.4, 0.5) is 10.8 Å². The molecule has 6 heteroatoms. The molecule has 3 rings (SSSR count). The molecule has 2 heterocycles. The van der Waals surface area contributed by atoms with E-state index in [0.29, 0.717) is 0 Å². The van der Waals surface area contributed by atoms with Gasteiger partial charge in [0, 0.05) is 36.1 Å². The Labute approximate surface area is 133 Å². The second kappa shape index (κ2) is 6.46. The lowest BCUT2D eigenvalue weighted by molar-refractivity contribution is -0.114. The number of nitrogens with one attached hydrogen (secondary N) is 1. The number of ether oxygens (including phenoxy) is 1. The smallest absolute Gasteiger partial charge is 0.221 e. The van der Waals surface area contributed by atoms with Gasteiger partial charge in [-0.25, -0.2) is 4.98 Å². The van der Waals surface area contributed by atoms with E-state index in [1.54, 1.807) is 11.3 Å². The number of carbonyl (C=O) groups excluding carboxylic acids is 1. The third kappa shape index (κ3) is 3.28. The fraction of sp³-hybridized carbons (Fsp3) is 0.375. The van der Waals surface area contributed by atoms with Crippen molar-refractivity contribution in [1.82, 2.24) is 4.98 Å². The molecule has 1 amide bonds. The lowest BCUT2D eigenvalue weighted by Gasteiger charge is -2.26. The number of anilines is 2. The maximum absolute atomic E-state index is 11.1. The minimum Gasteiger partial charge on any atom is -0.378 e. The van der Waals surface area contributed by atoms with Gasteiger partial charge in [0.05, 0.1) is 18.9 Å². The molecule has 0 aliphatic carbocycles. The molecule has 0 radical (unpaired) electrons. The molecule has 1 saturated heterocycles. The van der Waals surface area contributed by atoms with Gasteiger partial charge in [0.2, 0.25) is 5.91 Å². The van der Waals surface area contributed by atoms with Crippen molar-refractivity contribution in [2.45, 2.75) is 13.8 Å². The summed E-state index contributed by atoms with van der Waals surface area (Å²) in [6, 6.07) is 7.81. The SMILES string of the molecule is CC(=O)Nc1ccc(-c2nc(N3CCOCC3)sc2C)cc1. The highest BCUT2D eigenvalue weighted by atomic mass is 32.1. The van der Waals surface area contributed by atoms with Gasteiger partial charge in [-0.15, -0.1) is 11.3 Å². The van der Waals surface area contributed by atoms with Crippen molar-refractivity contribution >= 4 is 28.1 Å². The second-order valence-electron chi connectivity index (χ2n) is 5.26. The van der Waals surface area contributed by atoms with E-state index in [2.05, 4.69) is 17.1 Å². The Bertz CT molecular complexity index is 661. The average molecular weight is 317 g/mol. The minimum atomic E-state index is -0.0628. The quantitative estimate of drug-likeness (QED) is 0.946. The molecule has 0 unspecified atom stereocenters. The lowest BCUT2D eigenvalue weighted by atomic mass is 10.1. The van der Waals surface area contributed by atoms with Crippen LogP contribution in [-0.2, 0) is 9.53 Å². The van der Waals surface area contributed by atoms with Gasteiger partial charge in [-0.05, 0) is 19.1 Å². The highest BCUT2D eigenvalue weighted by molar-refractivity contribution is 7.16. The topological polar surface area (TPSA) is 54.5 Å². The van der Waals surface area contributed by atoms with E-state index in [1.165, 1.54) is 11.8 Å². The Morgan fingerprint density at radius 3 is 2.59 bits per heavy atom. The summed E-state index contributed by atoms with van der Waals surface area (Å²) < 4.78 is 5.39. The summed E-state index contributed by atoms with van der Waals surface area (Å²) in [5, 5.41) is 3.83. The summed E-state index contributed by atoms with van der Waals surface area (Å²) in [5.74, 6) is -0.0628. The van der Waals surface area contributed by atoms with E-state index in [9.17, 15) is 4.79 Å². The summed E-state index contributed by atoms with van der Waals surface area (Å²) >= 11 is 1.72. The normalized spacial score (nSPS) is 14.9. The van der Waals surface area contributed by atoms with Crippen LogP contribution in [0.15, 0.2) is 24.3 Å². The van der Waals surface area contributed by atoms with E-state index < -0.39 is 0 Å². The van der Waals surface area contributed by atoms with Crippen LogP contribution >= 0.6 is 11.3 Å². The number of hydrogen-bond donors (Lipinski definition) is 1. The summed E-state index contributed by atoms with van der Waals surface area (Å²) in [6.07, 6.45) is 0. The molecule has 0 saturated carbocycles. The predicted octanol–water partition coefficient (Wildman–Crippen LogP) is 2.91. The van der Waals surface area contributed by atoms with Gasteiger partial charge < -0.3 is 15.0 Å². The third-order valence-corrected chi connectivity index (χ3v) is 4.58. The Morgan fingerprint density at radius 1 is 1.27 bits per heavy atom. The number of amides is 1. The van der Waals surface area contributed by atoms with E-state index in [0.717, 1.165) is 48.4 Å². The van der Waals surface area contributed by atoms with Crippen molar-refractivity contribution in [3.63, 3.8) is 0 Å². The van der Waals surface area contributed by atoms with Crippen molar-refractivity contribution in [2.75, 3.05) is 36.5 Å². The first-order chi connectivity index (χ1) is 10.6. The average Bonchev–Trinajstić information content (AvgIpc) is 2.90. The molecule has 116 valence electrons. The zero-order valence-corrected chi connectivity index (χ0v) is 13.6. The predicted molar refractivity (Wildman–Crippen MR) is 89.6 cm³/mol. The zero-order chi connectivity index (χ0) is 15.5. The number of morpholine rings is 1. The molecule has 1 aliphatic rings. The van der Waals surface area contributed by atoms with Crippen LogP contribution in [0.3, 0.4) is 0 Å².